The van der Waals surface area contributed by atoms with Crippen molar-refractivity contribution in [2.45, 2.75) is 52.6 Å². The number of carboxylic acids is 1. The molecule has 8 aromatic carbocycles. The SMILES string of the molecule is C.CN(CCc1ccccc1)C(=O)Cc1cc(/C=C/c2nn[nH]n2)cc2c(OCc3ccccc3)cccc12.CN(CCc1ccccc1)C(=O)Cc1cc(CCC(=O)O)cc2c(Oc3ccccc3)cccc12. The van der Waals surface area contributed by atoms with Gasteiger partial charge in [0.1, 0.15) is 23.9 Å². The minimum atomic E-state index is -0.850. The summed E-state index contributed by atoms with van der Waals surface area (Å²) in [6.07, 6.45) is 6.24. The number of fused-ring (bicyclic) bond motifs is 2. The molecule has 376 valence electrons. The third-order valence-electron chi connectivity index (χ3n) is 12.5. The summed E-state index contributed by atoms with van der Waals surface area (Å²) in [5.74, 6) is 1.89. The highest BCUT2D eigenvalue weighted by molar-refractivity contribution is 5.96. The number of nitrogens with one attached hydrogen (secondary N) is 1. The summed E-state index contributed by atoms with van der Waals surface area (Å²) in [7, 11) is 3.69. The van der Waals surface area contributed by atoms with Crippen LogP contribution < -0.4 is 9.47 Å². The van der Waals surface area contributed by atoms with E-state index in [9.17, 15) is 19.5 Å². The quantitative estimate of drug-likeness (QED) is 0.0760. The van der Waals surface area contributed by atoms with Gasteiger partial charge in [-0.15, -0.1) is 10.2 Å². The second-order valence-electron chi connectivity index (χ2n) is 17.8. The van der Waals surface area contributed by atoms with Crippen LogP contribution in [-0.2, 0) is 53.1 Å². The number of aryl methyl sites for hydroxylation is 1. The van der Waals surface area contributed by atoms with Gasteiger partial charge in [0.15, 0.2) is 5.82 Å². The van der Waals surface area contributed by atoms with Crippen LogP contribution in [0.1, 0.15) is 58.6 Å². The van der Waals surface area contributed by atoms with Crippen molar-refractivity contribution in [3.63, 3.8) is 0 Å². The maximum Gasteiger partial charge on any atom is 0.303 e. The minimum Gasteiger partial charge on any atom is -0.488 e. The van der Waals surface area contributed by atoms with E-state index in [4.69, 9.17) is 9.47 Å². The Kier molecular flexibility index (Phi) is 19.0. The zero-order valence-electron chi connectivity index (χ0n) is 41.1. The molecule has 0 saturated carbocycles. The highest BCUT2D eigenvalue weighted by Gasteiger charge is 2.18. The predicted molar refractivity (Wildman–Crippen MR) is 294 cm³/mol. The van der Waals surface area contributed by atoms with Crippen molar-refractivity contribution >= 4 is 51.5 Å². The lowest BCUT2D eigenvalue weighted by molar-refractivity contribution is -0.137. The van der Waals surface area contributed by atoms with Crippen LogP contribution >= 0.6 is 0 Å². The van der Waals surface area contributed by atoms with Crippen LogP contribution in [0.2, 0.25) is 0 Å². The lowest BCUT2D eigenvalue weighted by Gasteiger charge is -2.19. The van der Waals surface area contributed by atoms with Gasteiger partial charge in [-0.05, 0) is 117 Å². The third-order valence-corrected chi connectivity index (χ3v) is 12.5. The number of carbonyl (C=O) groups excluding carboxylic acids is 2. The molecule has 0 fully saturated rings. The van der Waals surface area contributed by atoms with Crippen molar-refractivity contribution in [3.8, 4) is 17.2 Å². The minimum absolute atomic E-state index is 0. The molecule has 0 aliphatic rings. The summed E-state index contributed by atoms with van der Waals surface area (Å²) < 4.78 is 12.4. The number of rotatable bonds is 20. The number of benzene rings is 8. The number of carboxylic acid groups (broad SMARTS) is 1. The van der Waals surface area contributed by atoms with E-state index in [1.54, 1.807) is 15.9 Å². The van der Waals surface area contributed by atoms with Crippen molar-refractivity contribution in [1.82, 2.24) is 30.4 Å². The summed E-state index contributed by atoms with van der Waals surface area (Å²) in [5, 5.41) is 27.0. The van der Waals surface area contributed by atoms with Gasteiger partial charge in [-0.3, -0.25) is 14.4 Å². The molecule has 12 heteroatoms. The molecule has 1 aromatic heterocycles. The number of carbonyl (C=O) groups is 3. The van der Waals surface area contributed by atoms with E-state index in [1.165, 1.54) is 11.1 Å². The first kappa shape index (κ1) is 52.9. The number of H-pyrrole nitrogens is 1. The van der Waals surface area contributed by atoms with E-state index < -0.39 is 5.97 Å². The number of amides is 2. The Hall–Kier alpha value is -8.90. The number of hydrogen-bond acceptors (Lipinski definition) is 8. The van der Waals surface area contributed by atoms with Crippen molar-refractivity contribution < 1.29 is 29.0 Å². The standard InChI is InChI=1S/C31H29N5O2.C30H29NO4.CH4/c1-36(18-17-23-9-4-2-5-10-23)31(37)21-26-19-25(15-16-30-32-34-35-33-30)20-28-27(26)13-8-14-29(28)38-22-24-11-6-3-7-12-24;1-31(18-17-22-9-4-2-5-10-22)29(32)21-24-19-23(15-16-30(33)34)20-27-26(24)13-8-14-28(27)35-25-11-6-3-7-12-25;/h2-16,19-20H,17-18,21-22H2,1H3,(H,32,33,34,35);2-14,19-20H,15-18,21H2,1H3,(H,33,34);1H4/b16-15+;;. The Labute approximate surface area is 432 Å². The number of nitrogens with zero attached hydrogens (tertiary/aromatic N) is 5. The third kappa shape index (κ3) is 15.1. The fraction of sp³-hybridized carbons (Fsp3) is 0.194. The molecule has 74 heavy (non-hydrogen) atoms. The molecule has 2 amide bonds. The Morgan fingerprint density at radius 3 is 1.64 bits per heavy atom. The van der Waals surface area contributed by atoms with E-state index in [1.807, 2.05) is 172 Å². The Bertz CT molecular complexity index is 3260. The van der Waals surface area contributed by atoms with E-state index in [2.05, 4.69) is 51.0 Å². The van der Waals surface area contributed by atoms with Crippen LogP contribution in [0.5, 0.6) is 17.2 Å². The van der Waals surface area contributed by atoms with Crippen molar-refractivity contribution in [3.05, 3.63) is 227 Å². The van der Waals surface area contributed by atoms with Gasteiger partial charge in [0, 0.05) is 44.4 Å². The van der Waals surface area contributed by atoms with Gasteiger partial charge in [0.05, 0.1) is 12.8 Å². The van der Waals surface area contributed by atoms with E-state index in [0.717, 1.165) is 68.0 Å². The first-order valence-corrected chi connectivity index (χ1v) is 24.3. The average molecular weight is 987 g/mol. The molecule has 0 atom stereocenters. The predicted octanol–water partition coefficient (Wildman–Crippen LogP) is 11.9. The summed E-state index contributed by atoms with van der Waals surface area (Å²) in [5.41, 5.74) is 7.11. The molecule has 2 N–H and O–H groups in total. The average Bonchev–Trinajstić information content (AvgIpc) is 3.95. The Morgan fingerprint density at radius 1 is 0.554 bits per heavy atom. The normalized spacial score (nSPS) is 10.8. The topological polar surface area (TPSA) is 151 Å². The number of likely N-dealkylation sites (N-methyl/N-ethyl adjacent to an activating group) is 2. The molecule has 0 unspecified atom stereocenters. The number of ether oxygens (including phenoxy) is 2. The van der Waals surface area contributed by atoms with Crippen molar-refractivity contribution in [2.24, 2.45) is 0 Å². The molecular weight excluding hydrogens is 925 g/mol. The lowest BCUT2D eigenvalue weighted by Crippen LogP contribution is -2.30. The highest BCUT2D eigenvalue weighted by atomic mass is 16.5. The zero-order chi connectivity index (χ0) is 50.8. The van der Waals surface area contributed by atoms with E-state index in [-0.39, 0.29) is 38.5 Å². The summed E-state index contributed by atoms with van der Waals surface area (Å²) in [6.45, 7) is 1.74. The van der Waals surface area contributed by atoms with Crippen LogP contribution in [0.15, 0.2) is 182 Å². The summed E-state index contributed by atoms with van der Waals surface area (Å²) in [6, 6.07) is 59.8. The molecule has 9 rings (SSSR count). The molecule has 0 aliphatic heterocycles. The Morgan fingerprint density at radius 2 is 1.08 bits per heavy atom. The highest BCUT2D eigenvalue weighted by Crippen LogP contribution is 2.34. The maximum absolute atomic E-state index is 13.3. The second kappa shape index (κ2) is 26.5. The molecular formula is C62H62N6O6. The van der Waals surface area contributed by atoms with Crippen molar-refractivity contribution in [1.29, 1.82) is 0 Å². The number of aliphatic carboxylic acids is 1. The summed E-state index contributed by atoms with van der Waals surface area (Å²) in [4.78, 5) is 41.2. The molecule has 0 bridgehead atoms. The molecule has 0 spiro atoms. The molecule has 9 aromatic rings. The molecule has 1 heterocycles. The van der Waals surface area contributed by atoms with Gasteiger partial charge in [-0.1, -0.05) is 159 Å². The second-order valence-corrected chi connectivity index (χ2v) is 17.8. The molecule has 0 aliphatic carbocycles. The van der Waals surface area contributed by atoms with Crippen molar-refractivity contribution in [2.75, 3.05) is 27.2 Å². The van der Waals surface area contributed by atoms with Gasteiger partial charge in [-0.2, -0.15) is 5.21 Å². The molecule has 0 saturated heterocycles. The lowest BCUT2D eigenvalue weighted by atomic mass is 9.95. The maximum atomic E-state index is 13.3. The number of hydrogen-bond donors (Lipinski definition) is 2. The number of tetrazole rings is 1. The van der Waals surface area contributed by atoms with Crippen LogP contribution in [0.3, 0.4) is 0 Å². The fourth-order valence-electron chi connectivity index (χ4n) is 8.45. The fourth-order valence-corrected chi connectivity index (χ4v) is 8.45. The smallest absolute Gasteiger partial charge is 0.303 e. The molecule has 12 nitrogen and oxygen atoms in total. The van der Waals surface area contributed by atoms with Crippen LogP contribution in [0.4, 0.5) is 0 Å². The van der Waals surface area contributed by atoms with Crippen LogP contribution in [0, 0.1) is 0 Å². The molecule has 0 radical (unpaired) electrons. The number of aromatic amines is 1. The zero-order valence-corrected chi connectivity index (χ0v) is 41.1. The Balaban J connectivity index is 0.000000214. The van der Waals surface area contributed by atoms with E-state index in [0.29, 0.717) is 43.4 Å². The largest absolute Gasteiger partial charge is 0.488 e. The van der Waals surface area contributed by atoms with E-state index >= 15 is 0 Å². The number of para-hydroxylation sites is 1. The first-order valence-electron chi connectivity index (χ1n) is 24.3. The monoisotopic (exact) mass is 986 g/mol. The van der Waals surface area contributed by atoms with Gasteiger partial charge < -0.3 is 24.4 Å². The van der Waals surface area contributed by atoms with Gasteiger partial charge in [-0.25, -0.2) is 0 Å². The van der Waals surface area contributed by atoms with Gasteiger partial charge in [0.25, 0.3) is 0 Å². The van der Waals surface area contributed by atoms with Crippen LogP contribution in [0.25, 0.3) is 33.7 Å². The van der Waals surface area contributed by atoms with Crippen LogP contribution in [-0.4, -0.2) is 80.5 Å². The first-order chi connectivity index (χ1) is 35.6. The van der Waals surface area contributed by atoms with Gasteiger partial charge >= 0.3 is 5.97 Å². The number of aromatic nitrogens is 4. The summed E-state index contributed by atoms with van der Waals surface area (Å²) >= 11 is 0. The van der Waals surface area contributed by atoms with Gasteiger partial charge in [0.2, 0.25) is 11.8 Å².